The Morgan fingerprint density at radius 1 is 1.12 bits per heavy atom. The van der Waals surface area contributed by atoms with Crippen LogP contribution in [-0.2, 0) is 11.3 Å². The molecule has 0 bridgehead atoms. The van der Waals surface area contributed by atoms with E-state index in [9.17, 15) is 9.90 Å². The number of hydrogen-bond acceptors (Lipinski definition) is 3. The van der Waals surface area contributed by atoms with Crippen LogP contribution in [0.5, 0.6) is 0 Å². The van der Waals surface area contributed by atoms with Gasteiger partial charge in [-0.3, -0.25) is 0 Å². The number of benzene rings is 2. The molecule has 0 spiro atoms. The molecule has 0 aliphatic heterocycles. The number of halogens is 1. The van der Waals surface area contributed by atoms with Crippen molar-refractivity contribution in [2.24, 2.45) is 0 Å². The van der Waals surface area contributed by atoms with Gasteiger partial charge in [-0.25, -0.2) is 4.79 Å². The molecule has 0 fully saturated rings. The van der Waals surface area contributed by atoms with Crippen LogP contribution >= 0.6 is 22.9 Å². The SMILES string of the molecule is COCc1ccccc1-c1sc(Cl)c(-c2ccccc2)c1C(=O)O. The van der Waals surface area contributed by atoms with Gasteiger partial charge in [0.25, 0.3) is 0 Å². The van der Waals surface area contributed by atoms with Gasteiger partial charge in [0, 0.05) is 12.7 Å². The Bertz CT molecular complexity index is 872. The van der Waals surface area contributed by atoms with Crippen LogP contribution in [0.3, 0.4) is 0 Å². The van der Waals surface area contributed by atoms with Crippen molar-refractivity contribution in [1.29, 1.82) is 0 Å². The summed E-state index contributed by atoms with van der Waals surface area (Å²) >= 11 is 7.72. The second-order valence-corrected chi connectivity index (χ2v) is 6.84. The van der Waals surface area contributed by atoms with Crippen molar-refractivity contribution in [2.45, 2.75) is 6.61 Å². The quantitative estimate of drug-likeness (QED) is 0.647. The molecule has 24 heavy (non-hydrogen) atoms. The molecule has 0 saturated carbocycles. The van der Waals surface area contributed by atoms with Gasteiger partial charge in [-0.15, -0.1) is 11.3 Å². The molecule has 2 aromatic carbocycles. The van der Waals surface area contributed by atoms with Crippen molar-refractivity contribution in [3.63, 3.8) is 0 Å². The number of carboxylic acid groups (broad SMARTS) is 1. The first-order valence-corrected chi connectivity index (χ1v) is 8.51. The Hall–Kier alpha value is -2.14. The standard InChI is InChI=1S/C19H15ClO3S/c1-23-11-13-9-5-6-10-14(13)17-16(19(21)22)15(18(20)24-17)12-7-3-2-4-8-12/h2-10H,11H2,1H3,(H,21,22). The predicted octanol–water partition coefficient (Wildman–Crippen LogP) is 5.58. The van der Waals surface area contributed by atoms with Gasteiger partial charge in [0.2, 0.25) is 0 Å². The molecule has 3 rings (SSSR count). The summed E-state index contributed by atoms with van der Waals surface area (Å²) in [6, 6.07) is 17.0. The van der Waals surface area contributed by atoms with E-state index in [-0.39, 0.29) is 5.56 Å². The highest BCUT2D eigenvalue weighted by Crippen LogP contribution is 2.46. The first-order chi connectivity index (χ1) is 11.6. The molecule has 3 nitrogen and oxygen atoms in total. The number of thiophene rings is 1. The Morgan fingerprint density at radius 3 is 2.46 bits per heavy atom. The van der Waals surface area contributed by atoms with Crippen LogP contribution in [0.15, 0.2) is 54.6 Å². The second kappa shape index (κ2) is 7.18. The number of carbonyl (C=O) groups is 1. The maximum absolute atomic E-state index is 12.0. The molecule has 122 valence electrons. The first-order valence-electron chi connectivity index (χ1n) is 7.31. The maximum Gasteiger partial charge on any atom is 0.337 e. The van der Waals surface area contributed by atoms with Gasteiger partial charge in [-0.1, -0.05) is 66.2 Å². The monoisotopic (exact) mass is 358 g/mol. The first kappa shape index (κ1) is 16.7. The van der Waals surface area contributed by atoms with E-state index in [2.05, 4.69) is 0 Å². The zero-order valence-corrected chi connectivity index (χ0v) is 14.5. The molecule has 0 saturated heterocycles. The molecule has 1 heterocycles. The normalized spacial score (nSPS) is 10.8. The van der Waals surface area contributed by atoms with Crippen LogP contribution in [-0.4, -0.2) is 18.2 Å². The van der Waals surface area contributed by atoms with Gasteiger partial charge in [0.1, 0.15) is 4.34 Å². The fourth-order valence-electron chi connectivity index (χ4n) is 2.68. The molecule has 5 heteroatoms. The van der Waals surface area contributed by atoms with Crippen LogP contribution in [0.1, 0.15) is 15.9 Å². The number of aromatic carboxylic acids is 1. The van der Waals surface area contributed by atoms with Crippen LogP contribution in [0.4, 0.5) is 0 Å². The zero-order valence-electron chi connectivity index (χ0n) is 13.0. The van der Waals surface area contributed by atoms with Gasteiger partial charge in [0.05, 0.1) is 17.0 Å². The van der Waals surface area contributed by atoms with Gasteiger partial charge in [-0.05, 0) is 16.7 Å². The summed E-state index contributed by atoms with van der Waals surface area (Å²) in [5.74, 6) is -0.987. The van der Waals surface area contributed by atoms with Crippen molar-refractivity contribution in [1.82, 2.24) is 0 Å². The minimum Gasteiger partial charge on any atom is -0.478 e. The molecule has 1 aromatic heterocycles. The van der Waals surface area contributed by atoms with Gasteiger partial charge in [-0.2, -0.15) is 0 Å². The third-order valence-electron chi connectivity index (χ3n) is 3.70. The molecule has 0 atom stereocenters. The highest BCUT2D eigenvalue weighted by atomic mass is 35.5. The van der Waals surface area contributed by atoms with Crippen molar-refractivity contribution >= 4 is 28.9 Å². The molecule has 3 aromatic rings. The summed E-state index contributed by atoms with van der Waals surface area (Å²) in [6.07, 6.45) is 0. The third kappa shape index (κ3) is 3.08. The molecule has 0 aliphatic rings. The van der Waals surface area contributed by atoms with E-state index in [0.717, 1.165) is 16.7 Å². The van der Waals surface area contributed by atoms with E-state index < -0.39 is 5.97 Å². The zero-order chi connectivity index (χ0) is 17.1. The maximum atomic E-state index is 12.0. The van der Waals surface area contributed by atoms with Crippen LogP contribution in [0.25, 0.3) is 21.6 Å². The lowest BCUT2D eigenvalue weighted by molar-refractivity contribution is 0.0699. The average molecular weight is 359 g/mol. The Morgan fingerprint density at radius 2 is 1.79 bits per heavy atom. The van der Waals surface area contributed by atoms with Crippen LogP contribution in [0, 0.1) is 0 Å². The summed E-state index contributed by atoms with van der Waals surface area (Å²) in [7, 11) is 1.62. The average Bonchev–Trinajstić information content (AvgIpc) is 2.94. The fourth-order valence-corrected chi connectivity index (χ4v) is 4.22. The number of hydrogen-bond donors (Lipinski definition) is 1. The molecule has 0 aliphatic carbocycles. The van der Waals surface area contributed by atoms with E-state index >= 15 is 0 Å². The topological polar surface area (TPSA) is 46.5 Å². The van der Waals surface area contributed by atoms with Crippen molar-refractivity contribution < 1.29 is 14.6 Å². The number of rotatable bonds is 5. The predicted molar refractivity (Wildman–Crippen MR) is 97.9 cm³/mol. The highest BCUT2D eigenvalue weighted by Gasteiger charge is 2.25. The van der Waals surface area contributed by atoms with Gasteiger partial charge in [0.15, 0.2) is 0 Å². The highest BCUT2D eigenvalue weighted by molar-refractivity contribution is 7.20. The van der Waals surface area contributed by atoms with Gasteiger partial charge >= 0.3 is 5.97 Å². The van der Waals surface area contributed by atoms with Gasteiger partial charge < -0.3 is 9.84 Å². The Balaban J connectivity index is 2.26. The lowest BCUT2D eigenvalue weighted by Crippen LogP contribution is -2.00. The molecule has 0 radical (unpaired) electrons. The van der Waals surface area contributed by atoms with E-state index in [0.29, 0.717) is 21.4 Å². The molecule has 0 unspecified atom stereocenters. The molecule has 0 amide bonds. The summed E-state index contributed by atoms with van der Waals surface area (Å²) in [4.78, 5) is 12.6. The summed E-state index contributed by atoms with van der Waals surface area (Å²) in [5, 5.41) is 9.82. The van der Waals surface area contributed by atoms with E-state index in [1.54, 1.807) is 7.11 Å². The Labute approximate surface area is 149 Å². The van der Waals surface area contributed by atoms with Crippen molar-refractivity contribution in [3.8, 4) is 21.6 Å². The van der Waals surface area contributed by atoms with Crippen molar-refractivity contribution in [3.05, 3.63) is 70.1 Å². The lowest BCUT2D eigenvalue weighted by Gasteiger charge is -2.09. The summed E-state index contributed by atoms with van der Waals surface area (Å²) in [5.41, 5.74) is 3.37. The molecular weight excluding hydrogens is 344 g/mol. The summed E-state index contributed by atoms with van der Waals surface area (Å²) < 4.78 is 5.71. The van der Waals surface area contributed by atoms with E-state index in [1.807, 2.05) is 54.6 Å². The number of carboxylic acids is 1. The lowest BCUT2D eigenvalue weighted by atomic mass is 9.98. The fraction of sp³-hybridized carbons (Fsp3) is 0.105. The third-order valence-corrected chi connectivity index (χ3v) is 5.14. The summed E-state index contributed by atoms with van der Waals surface area (Å²) in [6.45, 7) is 0.408. The smallest absolute Gasteiger partial charge is 0.337 e. The number of methoxy groups -OCH3 is 1. The number of ether oxygens (including phenoxy) is 1. The second-order valence-electron chi connectivity index (χ2n) is 5.22. The minimum absolute atomic E-state index is 0.236. The van der Waals surface area contributed by atoms with E-state index in [1.165, 1.54) is 11.3 Å². The van der Waals surface area contributed by atoms with Crippen LogP contribution in [0.2, 0.25) is 4.34 Å². The largest absolute Gasteiger partial charge is 0.478 e. The van der Waals surface area contributed by atoms with Crippen LogP contribution < -0.4 is 0 Å². The molecule has 1 N–H and O–H groups in total. The minimum atomic E-state index is -0.987. The van der Waals surface area contributed by atoms with Crippen molar-refractivity contribution in [2.75, 3.05) is 7.11 Å². The Kier molecular flexibility index (Phi) is 5.00. The molecular formula is C19H15ClO3S. The van der Waals surface area contributed by atoms with E-state index in [4.69, 9.17) is 16.3 Å².